The molecule has 1 aliphatic heterocycles. The Hall–Kier alpha value is -0.610. The number of carbonyl (C=O) groups excluding carboxylic acids is 1. The van der Waals surface area contributed by atoms with Gasteiger partial charge in [-0.15, -0.1) is 0 Å². The highest BCUT2D eigenvalue weighted by Gasteiger charge is 2.35. The van der Waals surface area contributed by atoms with Crippen molar-refractivity contribution in [2.75, 3.05) is 13.2 Å². The minimum absolute atomic E-state index is 0.0243. The summed E-state index contributed by atoms with van der Waals surface area (Å²) in [6.45, 7) is 4.45. The van der Waals surface area contributed by atoms with Crippen molar-refractivity contribution >= 4 is 5.91 Å². The molecule has 1 fully saturated rings. The summed E-state index contributed by atoms with van der Waals surface area (Å²) >= 11 is 0. The van der Waals surface area contributed by atoms with Crippen LogP contribution in [0.25, 0.3) is 0 Å². The monoisotopic (exact) mass is 214 g/mol. The molecule has 1 rings (SSSR count). The Morgan fingerprint density at radius 1 is 1.60 bits per heavy atom. The maximum atomic E-state index is 12.1. The van der Waals surface area contributed by atoms with Crippen molar-refractivity contribution in [1.82, 2.24) is 4.90 Å². The molecule has 0 spiro atoms. The fourth-order valence-electron chi connectivity index (χ4n) is 1.94. The lowest BCUT2D eigenvalue weighted by atomic mass is 9.94. The van der Waals surface area contributed by atoms with Crippen LogP contribution in [0.15, 0.2) is 0 Å². The zero-order chi connectivity index (χ0) is 11.5. The minimum atomic E-state index is -0.787. The smallest absolute Gasteiger partial charge is 0.242 e. The van der Waals surface area contributed by atoms with Crippen molar-refractivity contribution < 1.29 is 9.90 Å². The molecule has 3 N–H and O–H groups in total. The third-order valence-corrected chi connectivity index (χ3v) is 3.32. The van der Waals surface area contributed by atoms with Gasteiger partial charge in [-0.2, -0.15) is 0 Å². The molecule has 1 amide bonds. The van der Waals surface area contributed by atoms with Gasteiger partial charge in [0, 0.05) is 6.54 Å². The quantitative estimate of drug-likeness (QED) is 0.718. The lowest BCUT2D eigenvalue weighted by Crippen LogP contribution is -2.57. The van der Waals surface area contributed by atoms with E-state index in [-0.39, 0.29) is 18.6 Å². The molecular weight excluding hydrogens is 192 g/mol. The number of carbonyl (C=O) groups is 1. The summed E-state index contributed by atoms with van der Waals surface area (Å²) in [5, 5.41) is 9.21. The summed E-state index contributed by atoms with van der Waals surface area (Å²) in [6, 6.07) is -0.0272. The second kappa shape index (κ2) is 4.94. The number of aliphatic hydroxyl groups excluding tert-OH is 1. The standard InChI is InChI=1S/C11H22N2O2/c1-3-11(2,12)10(15)13-7-5-4-6-9(13)8-14/h9,14H,3-8,12H2,1-2H3. The van der Waals surface area contributed by atoms with Gasteiger partial charge in [-0.3, -0.25) is 4.79 Å². The van der Waals surface area contributed by atoms with Crippen molar-refractivity contribution in [1.29, 1.82) is 0 Å². The molecule has 0 aromatic heterocycles. The molecule has 15 heavy (non-hydrogen) atoms. The third-order valence-electron chi connectivity index (χ3n) is 3.32. The normalized spacial score (nSPS) is 26.1. The highest BCUT2D eigenvalue weighted by atomic mass is 16.3. The van der Waals surface area contributed by atoms with Gasteiger partial charge in [-0.1, -0.05) is 6.92 Å². The number of amides is 1. The van der Waals surface area contributed by atoms with E-state index in [1.807, 2.05) is 6.92 Å². The van der Waals surface area contributed by atoms with E-state index < -0.39 is 5.54 Å². The number of piperidine rings is 1. The topological polar surface area (TPSA) is 66.6 Å². The van der Waals surface area contributed by atoms with Crippen LogP contribution in [-0.2, 0) is 4.79 Å². The summed E-state index contributed by atoms with van der Waals surface area (Å²) in [7, 11) is 0. The summed E-state index contributed by atoms with van der Waals surface area (Å²) in [5.74, 6) is -0.0243. The van der Waals surface area contributed by atoms with Crippen molar-refractivity contribution in [3.05, 3.63) is 0 Å². The second-order valence-electron chi connectivity index (χ2n) is 4.60. The molecule has 1 aliphatic rings. The van der Waals surface area contributed by atoms with Crippen molar-refractivity contribution in [3.63, 3.8) is 0 Å². The first-order chi connectivity index (χ1) is 7.03. The van der Waals surface area contributed by atoms with Crippen molar-refractivity contribution in [2.45, 2.75) is 51.1 Å². The van der Waals surface area contributed by atoms with Gasteiger partial charge in [0.2, 0.25) is 5.91 Å². The second-order valence-corrected chi connectivity index (χ2v) is 4.60. The van der Waals surface area contributed by atoms with Crippen LogP contribution in [0.1, 0.15) is 39.5 Å². The summed E-state index contributed by atoms with van der Waals surface area (Å²) in [4.78, 5) is 13.9. The van der Waals surface area contributed by atoms with E-state index in [2.05, 4.69) is 0 Å². The van der Waals surface area contributed by atoms with Crippen LogP contribution in [0.2, 0.25) is 0 Å². The van der Waals surface area contributed by atoms with Crippen LogP contribution in [0.4, 0.5) is 0 Å². The average Bonchev–Trinajstić information content (AvgIpc) is 2.28. The molecule has 0 aliphatic carbocycles. The number of nitrogens with zero attached hydrogens (tertiary/aromatic N) is 1. The maximum absolute atomic E-state index is 12.1. The third kappa shape index (κ3) is 2.69. The molecule has 88 valence electrons. The predicted octanol–water partition coefficient (Wildman–Crippen LogP) is 0.487. The first-order valence-corrected chi connectivity index (χ1v) is 5.73. The molecule has 0 aromatic rings. The van der Waals surface area contributed by atoms with Crippen molar-refractivity contribution in [2.24, 2.45) is 5.73 Å². The largest absolute Gasteiger partial charge is 0.394 e. The highest BCUT2D eigenvalue weighted by molar-refractivity contribution is 5.86. The molecule has 1 saturated heterocycles. The highest BCUT2D eigenvalue weighted by Crippen LogP contribution is 2.20. The Labute approximate surface area is 91.4 Å². The van der Waals surface area contributed by atoms with E-state index >= 15 is 0 Å². The van der Waals surface area contributed by atoms with Crippen LogP contribution < -0.4 is 5.73 Å². The Bertz CT molecular complexity index is 229. The Balaban J connectivity index is 2.72. The van der Waals surface area contributed by atoms with Gasteiger partial charge in [-0.05, 0) is 32.6 Å². The lowest BCUT2D eigenvalue weighted by molar-refractivity contribution is -0.141. The van der Waals surface area contributed by atoms with Crippen molar-refractivity contribution in [3.8, 4) is 0 Å². The number of hydrogen-bond donors (Lipinski definition) is 2. The molecule has 4 heteroatoms. The molecular formula is C11H22N2O2. The van der Waals surface area contributed by atoms with Gasteiger partial charge < -0.3 is 15.7 Å². The molecule has 0 aromatic carbocycles. The SMILES string of the molecule is CCC(C)(N)C(=O)N1CCCCC1CO. The molecule has 0 saturated carbocycles. The zero-order valence-corrected chi connectivity index (χ0v) is 9.70. The van der Waals surface area contributed by atoms with E-state index in [0.717, 1.165) is 25.8 Å². The minimum Gasteiger partial charge on any atom is -0.394 e. The van der Waals surface area contributed by atoms with Crippen LogP contribution in [-0.4, -0.2) is 40.6 Å². The first kappa shape index (κ1) is 12.5. The van der Waals surface area contributed by atoms with Crippen LogP contribution >= 0.6 is 0 Å². The number of aliphatic hydroxyl groups is 1. The maximum Gasteiger partial charge on any atom is 0.242 e. The van der Waals surface area contributed by atoms with Gasteiger partial charge in [-0.25, -0.2) is 0 Å². The molecule has 4 nitrogen and oxygen atoms in total. The Kier molecular flexibility index (Phi) is 4.11. The molecule has 0 radical (unpaired) electrons. The Morgan fingerprint density at radius 3 is 2.80 bits per heavy atom. The van der Waals surface area contributed by atoms with Crippen LogP contribution in [0.5, 0.6) is 0 Å². The van der Waals surface area contributed by atoms with E-state index in [4.69, 9.17) is 5.73 Å². The van der Waals surface area contributed by atoms with Gasteiger partial charge in [0.15, 0.2) is 0 Å². The van der Waals surface area contributed by atoms with E-state index in [9.17, 15) is 9.90 Å². The zero-order valence-electron chi connectivity index (χ0n) is 9.70. The molecule has 0 bridgehead atoms. The average molecular weight is 214 g/mol. The van der Waals surface area contributed by atoms with Crippen LogP contribution in [0, 0.1) is 0 Å². The molecule has 2 unspecified atom stereocenters. The summed E-state index contributed by atoms with van der Waals surface area (Å²) in [6.07, 6.45) is 3.62. The number of rotatable bonds is 3. The van der Waals surface area contributed by atoms with E-state index in [0.29, 0.717) is 6.42 Å². The van der Waals surface area contributed by atoms with E-state index in [1.165, 1.54) is 0 Å². The van der Waals surface area contributed by atoms with E-state index in [1.54, 1.807) is 11.8 Å². The van der Waals surface area contributed by atoms with Gasteiger partial charge in [0.1, 0.15) is 0 Å². The summed E-state index contributed by atoms with van der Waals surface area (Å²) < 4.78 is 0. The number of likely N-dealkylation sites (tertiary alicyclic amines) is 1. The fraction of sp³-hybridized carbons (Fsp3) is 0.909. The fourth-order valence-corrected chi connectivity index (χ4v) is 1.94. The number of hydrogen-bond acceptors (Lipinski definition) is 3. The van der Waals surface area contributed by atoms with Gasteiger partial charge in [0.05, 0.1) is 18.2 Å². The Morgan fingerprint density at radius 2 is 2.27 bits per heavy atom. The first-order valence-electron chi connectivity index (χ1n) is 5.73. The molecule has 1 heterocycles. The van der Waals surface area contributed by atoms with Crippen LogP contribution in [0.3, 0.4) is 0 Å². The summed E-state index contributed by atoms with van der Waals surface area (Å²) in [5.41, 5.74) is 5.15. The molecule has 2 atom stereocenters. The number of nitrogens with two attached hydrogens (primary N) is 1. The van der Waals surface area contributed by atoms with Gasteiger partial charge >= 0.3 is 0 Å². The predicted molar refractivity (Wildman–Crippen MR) is 59.3 cm³/mol. The van der Waals surface area contributed by atoms with Gasteiger partial charge in [0.25, 0.3) is 0 Å². The lowest BCUT2D eigenvalue weighted by Gasteiger charge is -2.39.